The third-order valence-corrected chi connectivity index (χ3v) is 5.87. The first kappa shape index (κ1) is 19.3. The monoisotopic (exact) mass is 414 g/mol. The number of halogens is 1. The number of rotatable bonds is 4. The molecule has 1 aromatic heterocycles. The van der Waals surface area contributed by atoms with Crippen molar-refractivity contribution in [3.63, 3.8) is 0 Å². The van der Waals surface area contributed by atoms with Crippen LogP contribution in [0.5, 0.6) is 0 Å². The summed E-state index contributed by atoms with van der Waals surface area (Å²) in [7, 11) is 0. The van der Waals surface area contributed by atoms with Crippen molar-refractivity contribution in [2.45, 2.75) is 6.42 Å². The second kappa shape index (κ2) is 8.22. The molecule has 0 spiro atoms. The molecule has 0 aliphatic carbocycles. The summed E-state index contributed by atoms with van der Waals surface area (Å²) < 4.78 is 16.0. The van der Waals surface area contributed by atoms with Crippen LogP contribution in [-0.2, 0) is 11.2 Å². The number of carbonyl (C=O) groups is 1. The van der Waals surface area contributed by atoms with Gasteiger partial charge in [0.1, 0.15) is 5.82 Å². The molecule has 4 aromatic rings. The van der Waals surface area contributed by atoms with Crippen molar-refractivity contribution in [1.82, 2.24) is 14.5 Å². The van der Waals surface area contributed by atoms with E-state index in [2.05, 4.69) is 28.1 Å². The van der Waals surface area contributed by atoms with Crippen molar-refractivity contribution in [3.8, 4) is 5.69 Å². The fourth-order valence-electron chi connectivity index (χ4n) is 4.24. The van der Waals surface area contributed by atoms with E-state index in [4.69, 9.17) is 0 Å². The fraction of sp³-hybridized carbons (Fsp3) is 0.200. The van der Waals surface area contributed by atoms with Gasteiger partial charge in [0.2, 0.25) is 11.9 Å². The number of fused-ring (bicyclic) bond motifs is 1. The van der Waals surface area contributed by atoms with E-state index >= 15 is 0 Å². The van der Waals surface area contributed by atoms with Gasteiger partial charge in [-0.2, -0.15) is 0 Å². The largest absolute Gasteiger partial charge is 0.339 e. The average Bonchev–Trinajstić information content (AvgIpc) is 3.29. The van der Waals surface area contributed by atoms with Crippen LogP contribution >= 0.6 is 0 Å². The topological polar surface area (TPSA) is 41.4 Å². The van der Waals surface area contributed by atoms with Crippen molar-refractivity contribution in [1.29, 1.82) is 0 Å². The SMILES string of the molecule is O=C(Cc1cccc2ccccc12)N1CCN(c2nccn2-c2ccccc2F)CC1. The van der Waals surface area contributed by atoms with Gasteiger partial charge in [-0.25, -0.2) is 9.37 Å². The first-order valence-electron chi connectivity index (χ1n) is 10.5. The molecule has 0 radical (unpaired) electrons. The van der Waals surface area contributed by atoms with Gasteiger partial charge in [0.15, 0.2) is 0 Å². The van der Waals surface area contributed by atoms with Crippen LogP contribution in [0.15, 0.2) is 79.1 Å². The van der Waals surface area contributed by atoms with Gasteiger partial charge in [-0.1, -0.05) is 54.6 Å². The highest BCUT2D eigenvalue weighted by atomic mass is 19.1. The molecule has 1 aliphatic heterocycles. The van der Waals surface area contributed by atoms with Gasteiger partial charge < -0.3 is 9.80 Å². The Hall–Kier alpha value is -3.67. The van der Waals surface area contributed by atoms with E-state index in [-0.39, 0.29) is 11.7 Å². The summed E-state index contributed by atoms with van der Waals surface area (Å²) >= 11 is 0. The number of hydrogen-bond acceptors (Lipinski definition) is 3. The first-order valence-corrected chi connectivity index (χ1v) is 10.5. The Morgan fingerprint density at radius 1 is 0.903 bits per heavy atom. The Morgan fingerprint density at radius 2 is 1.65 bits per heavy atom. The van der Waals surface area contributed by atoms with Gasteiger partial charge in [0.05, 0.1) is 12.1 Å². The predicted octanol–water partition coefficient (Wildman–Crippen LogP) is 4.06. The minimum absolute atomic E-state index is 0.133. The maximum atomic E-state index is 14.3. The summed E-state index contributed by atoms with van der Waals surface area (Å²) in [6.07, 6.45) is 3.84. The van der Waals surface area contributed by atoms with E-state index < -0.39 is 0 Å². The van der Waals surface area contributed by atoms with Crippen molar-refractivity contribution in [2.75, 3.05) is 31.1 Å². The molecule has 0 atom stereocenters. The second-order valence-corrected chi connectivity index (χ2v) is 7.73. The van der Waals surface area contributed by atoms with Crippen LogP contribution in [0.1, 0.15) is 5.56 Å². The smallest absolute Gasteiger partial charge is 0.227 e. The summed E-state index contributed by atoms with van der Waals surface area (Å²) in [4.78, 5) is 21.4. The van der Waals surface area contributed by atoms with Gasteiger partial charge in [-0.3, -0.25) is 9.36 Å². The van der Waals surface area contributed by atoms with Gasteiger partial charge in [0, 0.05) is 38.6 Å². The van der Waals surface area contributed by atoms with E-state index in [1.165, 1.54) is 6.07 Å². The highest BCUT2D eigenvalue weighted by Gasteiger charge is 2.24. The van der Waals surface area contributed by atoms with E-state index in [1.807, 2.05) is 35.2 Å². The Labute approximate surface area is 180 Å². The van der Waals surface area contributed by atoms with Crippen LogP contribution < -0.4 is 4.90 Å². The van der Waals surface area contributed by atoms with Gasteiger partial charge in [0.25, 0.3) is 0 Å². The molecule has 0 bridgehead atoms. The molecular weight excluding hydrogens is 391 g/mol. The Morgan fingerprint density at radius 3 is 2.48 bits per heavy atom. The van der Waals surface area contributed by atoms with Gasteiger partial charge >= 0.3 is 0 Å². The minimum Gasteiger partial charge on any atom is -0.339 e. The molecule has 5 nitrogen and oxygen atoms in total. The van der Waals surface area contributed by atoms with Crippen LogP contribution in [0.3, 0.4) is 0 Å². The van der Waals surface area contributed by atoms with Gasteiger partial charge in [-0.15, -0.1) is 0 Å². The molecule has 31 heavy (non-hydrogen) atoms. The Bertz CT molecular complexity index is 1220. The van der Waals surface area contributed by atoms with Crippen LogP contribution in [0.25, 0.3) is 16.5 Å². The molecule has 1 fully saturated rings. The quantitative estimate of drug-likeness (QED) is 0.506. The number of amides is 1. The fourth-order valence-corrected chi connectivity index (χ4v) is 4.24. The van der Waals surface area contributed by atoms with Crippen LogP contribution in [0.4, 0.5) is 10.3 Å². The van der Waals surface area contributed by atoms with Gasteiger partial charge in [-0.05, 0) is 28.5 Å². The van der Waals surface area contributed by atoms with E-state index in [9.17, 15) is 9.18 Å². The molecule has 3 aromatic carbocycles. The Balaban J connectivity index is 1.28. The lowest BCUT2D eigenvalue weighted by Gasteiger charge is -2.35. The molecule has 0 unspecified atom stereocenters. The lowest BCUT2D eigenvalue weighted by molar-refractivity contribution is -0.130. The molecule has 1 amide bonds. The van der Waals surface area contributed by atoms with Crippen molar-refractivity contribution < 1.29 is 9.18 Å². The van der Waals surface area contributed by atoms with Crippen LogP contribution in [0, 0.1) is 5.82 Å². The number of anilines is 1. The third-order valence-electron chi connectivity index (χ3n) is 5.87. The lowest BCUT2D eigenvalue weighted by Crippen LogP contribution is -2.49. The molecule has 156 valence electrons. The number of piperazine rings is 1. The maximum Gasteiger partial charge on any atom is 0.227 e. The second-order valence-electron chi connectivity index (χ2n) is 7.73. The summed E-state index contributed by atoms with van der Waals surface area (Å²) in [6, 6.07) is 20.9. The van der Waals surface area contributed by atoms with Crippen LogP contribution in [-0.4, -0.2) is 46.5 Å². The Kier molecular flexibility index (Phi) is 5.12. The average molecular weight is 414 g/mol. The molecule has 0 N–H and O–H groups in total. The zero-order valence-corrected chi connectivity index (χ0v) is 17.1. The predicted molar refractivity (Wildman–Crippen MR) is 120 cm³/mol. The van der Waals surface area contributed by atoms with E-state index in [0.29, 0.717) is 44.2 Å². The standard InChI is InChI=1S/C25H23FN4O/c26-22-10-3-4-11-23(22)30-13-12-27-25(30)29-16-14-28(15-17-29)24(31)18-20-8-5-7-19-6-1-2-9-21(19)20/h1-13H,14-18H2. The molecule has 2 heterocycles. The number of nitrogens with zero attached hydrogens (tertiary/aromatic N) is 4. The highest BCUT2D eigenvalue weighted by molar-refractivity contribution is 5.90. The van der Waals surface area contributed by atoms with E-state index in [1.54, 1.807) is 29.1 Å². The molecule has 6 heteroatoms. The first-order chi connectivity index (χ1) is 15.2. The summed E-state index contributed by atoms with van der Waals surface area (Å²) in [5.41, 5.74) is 1.53. The van der Waals surface area contributed by atoms with Crippen molar-refractivity contribution >= 4 is 22.6 Å². The molecule has 0 saturated carbocycles. The van der Waals surface area contributed by atoms with Crippen LogP contribution in [0.2, 0.25) is 0 Å². The number of hydrogen-bond donors (Lipinski definition) is 0. The number of imidazole rings is 1. The number of benzene rings is 3. The summed E-state index contributed by atoms with van der Waals surface area (Å²) in [5, 5.41) is 2.28. The third kappa shape index (κ3) is 3.77. The van der Waals surface area contributed by atoms with Crippen molar-refractivity contribution in [2.24, 2.45) is 0 Å². The van der Waals surface area contributed by atoms with Crippen molar-refractivity contribution in [3.05, 3.63) is 90.5 Å². The minimum atomic E-state index is -0.286. The summed E-state index contributed by atoms with van der Waals surface area (Å²) in [6.45, 7) is 2.56. The molecule has 1 saturated heterocycles. The molecular formula is C25H23FN4O. The highest BCUT2D eigenvalue weighted by Crippen LogP contribution is 2.23. The number of para-hydroxylation sites is 1. The summed E-state index contributed by atoms with van der Waals surface area (Å²) in [5.74, 6) is 0.547. The molecule has 5 rings (SSSR count). The zero-order chi connectivity index (χ0) is 21.2. The normalized spacial score (nSPS) is 14.2. The lowest BCUT2D eigenvalue weighted by atomic mass is 10.0. The number of aromatic nitrogens is 2. The number of carbonyl (C=O) groups excluding carboxylic acids is 1. The van der Waals surface area contributed by atoms with E-state index in [0.717, 1.165) is 16.3 Å². The molecule has 1 aliphatic rings. The maximum absolute atomic E-state index is 14.3. The zero-order valence-electron chi connectivity index (χ0n) is 17.1.